The van der Waals surface area contributed by atoms with Crippen LogP contribution < -0.4 is 18.9 Å². The Morgan fingerprint density at radius 2 is 1.92 bits per heavy atom. The molecular weight excluding hydrogens is 565 g/mol. The number of alkyl halides is 3. The van der Waals surface area contributed by atoms with Crippen molar-refractivity contribution in [1.29, 1.82) is 0 Å². The van der Waals surface area contributed by atoms with Gasteiger partial charge in [0.1, 0.15) is 35.6 Å². The fraction of sp³-hybridized carbons (Fsp3) is 0.480. The fourth-order valence-corrected chi connectivity index (χ4v) is 5.43. The number of nitrogens with zero attached hydrogens (tertiary/aromatic N) is 1. The zero-order valence-electron chi connectivity index (χ0n) is 21.2. The second-order valence-corrected chi connectivity index (χ2v) is 11.8. The number of anilines is 1. The van der Waals surface area contributed by atoms with Crippen LogP contribution >= 0.6 is 11.6 Å². The van der Waals surface area contributed by atoms with Gasteiger partial charge in [0, 0.05) is 50.0 Å². The Morgan fingerprint density at radius 1 is 1.21 bits per heavy atom. The molecule has 2 heterocycles. The molecule has 39 heavy (non-hydrogen) atoms. The van der Waals surface area contributed by atoms with E-state index in [1.165, 1.54) is 25.3 Å². The standard InChI is InChI=1S/C25H28ClF3N2O7S/c1-35-18-4-5-20(30-39(2,33)34)22(12-18)36-15-19(37-23(32)25(27,28)29)14-31-9-7-24(8-10-31)13-16-11-17(26)3-6-21(16)38-24/h3-6,11-12,19,30H,7-10,13-15H2,1-2H3/t19-/m1/s1. The second-order valence-electron chi connectivity index (χ2n) is 9.59. The summed E-state index contributed by atoms with van der Waals surface area (Å²) in [4.78, 5) is 13.6. The first kappa shape index (κ1) is 29.1. The summed E-state index contributed by atoms with van der Waals surface area (Å²) in [6.07, 6.45) is -3.65. The molecule has 1 N–H and O–H groups in total. The molecule has 1 atom stereocenters. The van der Waals surface area contributed by atoms with E-state index in [4.69, 9.17) is 30.5 Å². The molecule has 0 bridgehead atoms. The van der Waals surface area contributed by atoms with Gasteiger partial charge in [-0.1, -0.05) is 11.6 Å². The lowest BCUT2D eigenvalue weighted by Gasteiger charge is -2.39. The maximum atomic E-state index is 13.0. The van der Waals surface area contributed by atoms with Gasteiger partial charge >= 0.3 is 12.1 Å². The second kappa shape index (κ2) is 11.3. The van der Waals surface area contributed by atoms with E-state index in [-0.39, 0.29) is 18.0 Å². The highest BCUT2D eigenvalue weighted by Crippen LogP contribution is 2.42. The summed E-state index contributed by atoms with van der Waals surface area (Å²) in [6, 6.07) is 9.71. The number of ether oxygens (including phenoxy) is 4. The number of halogens is 4. The van der Waals surface area contributed by atoms with Crippen LogP contribution in [-0.4, -0.2) is 76.8 Å². The van der Waals surface area contributed by atoms with Crippen LogP contribution in [0.2, 0.25) is 5.02 Å². The van der Waals surface area contributed by atoms with Crippen molar-refractivity contribution in [2.45, 2.75) is 37.1 Å². The summed E-state index contributed by atoms with van der Waals surface area (Å²) >= 11 is 6.10. The summed E-state index contributed by atoms with van der Waals surface area (Å²) in [5.74, 6) is -1.24. The molecule has 2 aromatic carbocycles. The SMILES string of the molecule is COc1ccc(NS(C)(=O)=O)c(OC[C@@H](CN2CCC3(CC2)Cc2cc(Cl)ccc2O3)OC(=O)C(F)(F)F)c1. The van der Waals surface area contributed by atoms with Crippen molar-refractivity contribution in [2.75, 3.05) is 44.3 Å². The van der Waals surface area contributed by atoms with Crippen molar-refractivity contribution in [3.05, 3.63) is 47.0 Å². The number of esters is 1. The molecule has 2 aliphatic heterocycles. The average Bonchev–Trinajstić information content (AvgIpc) is 3.20. The van der Waals surface area contributed by atoms with Gasteiger partial charge < -0.3 is 18.9 Å². The highest BCUT2D eigenvalue weighted by Gasteiger charge is 2.44. The number of carbonyl (C=O) groups is 1. The number of nitrogens with one attached hydrogen (secondary N) is 1. The molecule has 14 heteroatoms. The van der Waals surface area contributed by atoms with Gasteiger partial charge in [-0.3, -0.25) is 9.62 Å². The van der Waals surface area contributed by atoms with Gasteiger partial charge in [-0.25, -0.2) is 13.2 Å². The molecule has 1 spiro atoms. The average molecular weight is 593 g/mol. The molecule has 0 unspecified atom stereocenters. The highest BCUT2D eigenvalue weighted by molar-refractivity contribution is 7.92. The van der Waals surface area contributed by atoms with E-state index in [2.05, 4.69) is 4.72 Å². The third-order valence-corrected chi connectivity index (χ3v) is 7.33. The Bertz CT molecular complexity index is 1320. The molecule has 0 radical (unpaired) electrons. The minimum atomic E-state index is -5.19. The molecule has 214 valence electrons. The number of methoxy groups -OCH3 is 1. The van der Waals surface area contributed by atoms with Gasteiger partial charge in [-0.05, 0) is 35.9 Å². The Kier molecular flexibility index (Phi) is 8.43. The highest BCUT2D eigenvalue weighted by atomic mass is 35.5. The first-order valence-electron chi connectivity index (χ1n) is 12.0. The van der Waals surface area contributed by atoms with Gasteiger partial charge in [0.05, 0.1) is 19.1 Å². The van der Waals surface area contributed by atoms with Crippen molar-refractivity contribution in [1.82, 2.24) is 4.90 Å². The predicted molar refractivity (Wildman–Crippen MR) is 137 cm³/mol. The Labute approximate surface area is 229 Å². The van der Waals surface area contributed by atoms with Crippen molar-refractivity contribution in [2.24, 2.45) is 0 Å². The largest absolute Gasteiger partial charge is 0.497 e. The van der Waals surface area contributed by atoms with Crippen LogP contribution in [-0.2, 0) is 26.0 Å². The third-order valence-electron chi connectivity index (χ3n) is 6.50. The maximum absolute atomic E-state index is 13.0. The molecular formula is C25H28ClF3N2O7S. The molecule has 0 aromatic heterocycles. The predicted octanol–water partition coefficient (Wildman–Crippen LogP) is 4.04. The van der Waals surface area contributed by atoms with E-state index in [0.717, 1.165) is 17.6 Å². The van der Waals surface area contributed by atoms with Crippen molar-refractivity contribution in [3.63, 3.8) is 0 Å². The Morgan fingerprint density at radius 3 is 2.56 bits per heavy atom. The lowest BCUT2D eigenvalue weighted by atomic mass is 9.87. The van der Waals surface area contributed by atoms with Gasteiger partial charge in [0.25, 0.3) is 0 Å². The summed E-state index contributed by atoms with van der Waals surface area (Å²) in [6.45, 7) is 0.481. The summed E-state index contributed by atoms with van der Waals surface area (Å²) in [5.41, 5.74) is 0.639. The number of carbonyl (C=O) groups excluding carboxylic acids is 1. The molecule has 2 aromatic rings. The molecule has 4 rings (SSSR count). The first-order chi connectivity index (χ1) is 18.2. The van der Waals surface area contributed by atoms with Crippen LogP contribution in [0.4, 0.5) is 18.9 Å². The summed E-state index contributed by atoms with van der Waals surface area (Å²) in [5, 5.41) is 0.618. The van der Waals surface area contributed by atoms with Crippen LogP contribution in [0.3, 0.4) is 0 Å². The van der Waals surface area contributed by atoms with E-state index in [1.54, 1.807) is 6.07 Å². The molecule has 9 nitrogen and oxygen atoms in total. The zero-order chi connectivity index (χ0) is 28.4. The van der Waals surface area contributed by atoms with E-state index in [1.807, 2.05) is 17.0 Å². The molecule has 2 aliphatic rings. The smallest absolute Gasteiger partial charge is 0.490 e. The van der Waals surface area contributed by atoms with E-state index in [0.29, 0.717) is 43.1 Å². The van der Waals surface area contributed by atoms with Crippen LogP contribution in [0.25, 0.3) is 0 Å². The van der Waals surface area contributed by atoms with E-state index >= 15 is 0 Å². The third kappa shape index (κ3) is 7.61. The zero-order valence-corrected chi connectivity index (χ0v) is 22.8. The monoisotopic (exact) mass is 592 g/mol. The molecule has 0 aliphatic carbocycles. The topological polar surface area (TPSA) is 103 Å². The number of sulfonamides is 1. The number of likely N-dealkylation sites (tertiary alicyclic amines) is 1. The molecule has 0 saturated carbocycles. The van der Waals surface area contributed by atoms with Crippen molar-refractivity contribution < 1.29 is 45.3 Å². The van der Waals surface area contributed by atoms with Gasteiger partial charge in [-0.15, -0.1) is 0 Å². The number of hydrogen-bond acceptors (Lipinski definition) is 8. The number of fused-ring (bicyclic) bond motifs is 1. The first-order valence-corrected chi connectivity index (χ1v) is 14.3. The van der Waals surface area contributed by atoms with Gasteiger partial charge in [0.15, 0.2) is 0 Å². The molecule has 1 fully saturated rings. The van der Waals surface area contributed by atoms with Gasteiger partial charge in [-0.2, -0.15) is 13.2 Å². The van der Waals surface area contributed by atoms with Crippen molar-refractivity contribution in [3.8, 4) is 17.2 Å². The van der Waals surface area contributed by atoms with E-state index < -0.39 is 40.5 Å². The molecule has 0 amide bonds. The van der Waals surface area contributed by atoms with Crippen LogP contribution in [0.15, 0.2) is 36.4 Å². The summed E-state index contributed by atoms with van der Waals surface area (Å²) in [7, 11) is -2.29. The summed E-state index contributed by atoms with van der Waals surface area (Å²) < 4.78 is 86.6. The normalized spacial score (nSPS) is 17.7. The maximum Gasteiger partial charge on any atom is 0.490 e. The quantitative estimate of drug-likeness (QED) is 0.435. The van der Waals surface area contributed by atoms with E-state index in [9.17, 15) is 26.4 Å². The van der Waals surface area contributed by atoms with Gasteiger partial charge in [0.2, 0.25) is 10.0 Å². The van der Waals surface area contributed by atoms with Crippen molar-refractivity contribution >= 4 is 33.3 Å². The lowest BCUT2D eigenvalue weighted by molar-refractivity contribution is -0.206. The Balaban J connectivity index is 1.44. The number of benzene rings is 2. The number of piperidine rings is 1. The van der Waals surface area contributed by atoms with Crippen LogP contribution in [0.5, 0.6) is 17.2 Å². The molecule has 1 saturated heterocycles. The number of rotatable bonds is 9. The number of hydrogen-bond donors (Lipinski definition) is 1. The Hall–Kier alpha value is -2.90. The van der Waals surface area contributed by atoms with Crippen LogP contribution in [0, 0.1) is 0 Å². The van der Waals surface area contributed by atoms with Crippen LogP contribution in [0.1, 0.15) is 18.4 Å². The fourth-order valence-electron chi connectivity index (χ4n) is 4.67. The lowest BCUT2D eigenvalue weighted by Crippen LogP contribution is -2.50. The minimum Gasteiger partial charge on any atom is -0.497 e. The minimum absolute atomic E-state index is 0.00112.